The quantitative estimate of drug-likeness (QED) is 0.0281. The molecule has 0 aliphatic heterocycles. The molecule has 0 aliphatic rings. The zero-order valence-electron chi connectivity index (χ0n) is 36.9. The minimum Gasteiger partial charge on any atom is -0.462 e. The van der Waals surface area contributed by atoms with Gasteiger partial charge in [-0.05, 0) is 110 Å². The molecule has 2 atom stereocenters. The molecule has 0 fully saturated rings. The maximum absolute atomic E-state index is 12.6. The molecule has 10 heteroatoms. The van der Waals surface area contributed by atoms with E-state index in [4.69, 9.17) is 18.5 Å². The molecule has 0 amide bonds. The molecule has 0 aliphatic carbocycles. The van der Waals surface area contributed by atoms with Crippen molar-refractivity contribution < 1.29 is 37.6 Å². The zero-order valence-corrected chi connectivity index (χ0v) is 37.8. The number of ether oxygens (including phenoxy) is 2. The maximum atomic E-state index is 12.6. The van der Waals surface area contributed by atoms with Gasteiger partial charge in [-0.25, -0.2) is 4.57 Å². The highest BCUT2D eigenvalue weighted by molar-refractivity contribution is 7.47. The van der Waals surface area contributed by atoms with E-state index in [1.54, 1.807) is 4.90 Å². The van der Waals surface area contributed by atoms with E-state index in [1.165, 1.54) is 0 Å². The van der Waals surface area contributed by atoms with Gasteiger partial charge >= 0.3 is 19.8 Å². The zero-order chi connectivity index (χ0) is 43.3. The number of phosphoric ester groups is 1. The van der Waals surface area contributed by atoms with Gasteiger partial charge < -0.3 is 19.3 Å². The van der Waals surface area contributed by atoms with E-state index < -0.39 is 32.5 Å². The van der Waals surface area contributed by atoms with Crippen LogP contribution in [0.5, 0.6) is 0 Å². The molecule has 0 saturated heterocycles. The molecule has 0 bridgehead atoms. The Kier molecular flexibility index (Phi) is 39.9. The molecule has 0 saturated carbocycles. The standard InChI is InChI=1S/C49H78NO8P/c1-5-7-9-11-13-15-17-19-21-23-24-26-27-29-31-33-35-37-39-41-48(51)55-45-47(46-57-59(53,54)56-44-43-50(3)4)58-49(52)42-40-38-36-34-32-30-28-25-22-20-18-16-14-12-10-8-6-2/h7-10,13-16,19-22,24,26,28-31,34,36,47H,5-6,11-12,17-18,23,25,27,32-33,35,37-46H2,1-4H3,(H,53,54)/b9-7-,10-8-,15-13-,16-14-,21-19-,22-20-,26-24-,30-28-,31-29-,36-34-. The first kappa shape index (κ1) is 55.4. The van der Waals surface area contributed by atoms with Gasteiger partial charge in [-0.3, -0.25) is 18.6 Å². The van der Waals surface area contributed by atoms with Crippen LogP contribution in [0.15, 0.2) is 122 Å². The lowest BCUT2D eigenvalue weighted by Crippen LogP contribution is -2.29. The summed E-state index contributed by atoms with van der Waals surface area (Å²) < 4.78 is 33.4. The Hall–Kier alpha value is -3.59. The third-order valence-electron chi connectivity index (χ3n) is 8.26. The molecule has 2 unspecified atom stereocenters. The summed E-state index contributed by atoms with van der Waals surface area (Å²) in [5, 5.41) is 0. The third-order valence-corrected chi connectivity index (χ3v) is 9.25. The van der Waals surface area contributed by atoms with Crippen LogP contribution in [0, 0.1) is 0 Å². The van der Waals surface area contributed by atoms with E-state index in [1.807, 2.05) is 20.2 Å². The second kappa shape index (κ2) is 42.5. The molecule has 332 valence electrons. The van der Waals surface area contributed by atoms with E-state index in [0.29, 0.717) is 25.8 Å². The summed E-state index contributed by atoms with van der Waals surface area (Å²) >= 11 is 0. The molecular formula is C49H78NO8P. The first-order valence-electron chi connectivity index (χ1n) is 21.8. The lowest BCUT2D eigenvalue weighted by atomic mass is 10.1. The minimum absolute atomic E-state index is 0.0168. The fourth-order valence-electron chi connectivity index (χ4n) is 4.98. The van der Waals surface area contributed by atoms with Crippen LogP contribution in [-0.2, 0) is 32.7 Å². The van der Waals surface area contributed by atoms with Crippen LogP contribution in [0.3, 0.4) is 0 Å². The fourth-order valence-corrected chi connectivity index (χ4v) is 5.72. The number of carbonyl (C=O) groups is 2. The summed E-state index contributed by atoms with van der Waals surface area (Å²) in [5.41, 5.74) is 0. The normalized spacial score (nSPS) is 14.5. The predicted octanol–water partition coefficient (Wildman–Crippen LogP) is 12.8. The van der Waals surface area contributed by atoms with Crippen molar-refractivity contribution in [1.82, 2.24) is 4.90 Å². The Morgan fingerprint density at radius 3 is 1.37 bits per heavy atom. The van der Waals surface area contributed by atoms with Crippen molar-refractivity contribution in [2.75, 3.05) is 40.5 Å². The average molecular weight is 840 g/mol. The summed E-state index contributed by atoms with van der Waals surface area (Å²) in [5.74, 6) is -0.924. The Morgan fingerprint density at radius 1 is 0.525 bits per heavy atom. The molecular weight excluding hydrogens is 762 g/mol. The second-order valence-electron chi connectivity index (χ2n) is 14.1. The molecule has 0 aromatic rings. The second-order valence-corrected chi connectivity index (χ2v) is 15.6. The van der Waals surface area contributed by atoms with Crippen LogP contribution in [0.2, 0.25) is 0 Å². The molecule has 0 spiro atoms. The highest BCUT2D eigenvalue weighted by Crippen LogP contribution is 2.43. The lowest BCUT2D eigenvalue weighted by Gasteiger charge is -2.20. The van der Waals surface area contributed by atoms with Gasteiger partial charge in [-0.1, -0.05) is 142 Å². The number of phosphoric acid groups is 1. The molecule has 59 heavy (non-hydrogen) atoms. The molecule has 0 aromatic heterocycles. The number of nitrogens with zero attached hydrogens (tertiary/aromatic N) is 1. The molecule has 0 heterocycles. The van der Waals surface area contributed by atoms with Crippen LogP contribution in [0.1, 0.15) is 129 Å². The van der Waals surface area contributed by atoms with Crippen LogP contribution in [0.4, 0.5) is 0 Å². The monoisotopic (exact) mass is 840 g/mol. The summed E-state index contributed by atoms with van der Waals surface area (Å²) in [6, 6.07) is 0. The molecule has 0 radical (unpaired) electrons. The first-order valence-corrected chi connectivity index (χ1v) is 23.3. The van der Waals surface area contributed by atoms with Crippen molar-refractivity contribution in [3.05, 3.63) is 122 Å². The first-order chi connectivity index (χ1) is 28.7. The third kappa shape index (κ3) is 43.8. The van der Waals surface area contributed by atoms with Crippen LogP contribution in [-0.4, -0.2) is 68.3 Å². The Labute approximate surface area is 358 Å². The highest BCUT2D eigenvalue weighted by Gasteiger charge is 2.26. The Bertz CT molecular complexity index is 1390. The Morgan fingerprint density at radius 2 is 0.932 bits per heavy atom. The number of rotatable bonds is 38. The summed E-state index contributed by atoms with van der Waals surface area (Å²) in [7, 11) is -0.776. The van der Waals surface area contributed by atoms with Crippen LogP contribution >= 0.6 is 7.82 Å². The van der Waals surface area contributed by atoms with Crippen LogP contribution in [0.25, 0.3) is 0 Å². The van der Waals surface area contributed by atoms with E-state index >= 15 is 0 Å². The number of hydrogen-bond acceptors (Lipinski definition) is 8. The number of allylic oxidation sites excluding steroid dienone is 20. The number of likely N-dealkylation sites (N-methyl/N-ethyl adjacent to an activating group) is 1. The summed E-state index contributed by atoms with van der Waals surface area (Å²) in [6.07, 6.45) is 56.8. The van der Waals surface area contributed by atoms with Gasteiger partial charge in [0.05, 0.1) is 13.2 Å². The largest absolute Gasteiger partial charge is 0.472 e. The van der Waals surface area contributed by atoms with Crippen molar-refractivity contribution in [3.8, 4) is 0 Å². The van der Waals surface area contributed by atoms with E-state index in [2.05, 4.69) is 129 Å². The molecule has 0 rings (SSSR count). The SMILES string of the molecule is CC/C=C\C/C=C\C/C=C\C/C=C\C/C=C\CCCCCC(=O)OCC(COP(=O)(O)OCCN(C)C)OC(=O)CCC/C=C\C/C=C\C/C=C\C/C=C\C/C=C\CC. The molecule has 1 N–H and O–H groups in total. The van der Waals surface area contributed by atoms with Crippen LogP contribution < -0.4 is 0 Å². The predicted molar refractivity (Wildman–Crippen MR) is 247 cm³/mol. The number of esters is 2. The Balaban J connectivity index is 4.48. The van der Waals surface area contributed by atoms with Crippen molar-refractivity contribution in [2.45, 2.75) is 136 Å². The van der Waals surface area contributed by atoms with Gasteiger partial charge in [0.2, 0.25) is 0 Å². The van der Waals surface area contributed by atoms with Crippen molar-refractivity contribution >= 4 is 19.8 Å². The van der Waals surface area contributed by atoms with Gasteiger partial charge in [-0.15, -0.1) is 0 Å². The number of unbranched alkanes of at least 4 members (excludes halogenated alkanes) is 4. The van der Waals surface area contributed by atoms with E-state index in [-0.39, 0.29) is 26.1 Å². The van der Waals surface area contributed by atoms with Gasteiger partial charge in [0.25, 0.3) is 0 Å². The van der Waals surface area contributed by atoms with Crippen molar-refractivity contribution in [3.63, 3.8) is 0 Å². The minimum atomic E-state index is -4.40. The number of hydrogen-bond donors (Lipinski definition) is 1. The average Bonchev–Trinajstić information content (AvgIpc) is 3.20. The fraction of sp³-hybridized carbons (Fsp3) is 0.551. The van der Waals surface area contributed by atoms with Gasteiger partial charge in [-0.2, -0.15) is 0 Å². The maximum Gasteiger partial charge on any atom is 0.472 e. The van der Waals surface area contributed by atoms with E-state index in [9.17, 15) is 19.0 Å². The number of carbonyl (C=O) groups excluding carboxylic acids is 2. The summed E-state index contributed by atoms with van der Waals surface area (Å²) in [4.78, 5) is 37.0. The van der Waals surface area contributed by atoms with Crippen molar-refractivity contribution in [2.24, 2.45) is 0 Å². The topological polar surface area (TPSA) is 112 Å². The summed E-state index contributed by atoms with van der Waals surface area (Å²) in [6.45, 7) is 3.95. The molecule has 0 aromatic carbocycles. The van der Waals surface area contributed by atoms with Gasteiger partial charge in [0, 0.05) is 19.4 Å². The van der Waals surface area contributed by atoms with Crippen molar-refractivity contribution in [1.29, 1.82) is 0 Å². The lowest BCUT2D eigenvalue weighted by molar-refractivity contribution is -0.161. The smallest absolute Gasteiger partial charge is 0.462 e. The van der Waals surface area contributed by atoms with Gasteiger partial charge in [0.15, 0.2) is 6.10 Å². The highest BCUT2D eigenvalue weighted by atomic mass is 31.2. The van der Waals surface area contributed by atoms with E-state index in [0.717, 1.165) is 83.5 Å². The van der Waals surface area contributed by atoms with Gasteiger partial charge in [0.1, 0.15) is 6.61 Å². The molecule has 9 nitrogen and oxygen atoms in total.